The fourth-order valence-corrected chi connectivity index (χ4v) is 4.02. The van der Waals surface area contributed by atoms with Crippen LogP contribution in [0.3, 0.4) is 0 Å². The summed E-state index contributed by atoms with van der Waals surface area (Å²) < 4.78 is 0. The van der Waals surface area contributed by atoms with E-state index in [1.807, 2.05) is 28.5 Å². The first kappa shape index (κ1) is 15.2. The van der Waals surface area contributed by atoms with Gasteiger partial charge in [-0.15, -0.1) is 11.3 Å². The van der Waals surface area contributed by atoms with E-state index in [4.69, 9.17) is 0 Å². The van der Waals surface area contributed by atoms with Gasteiger partial charge in [0.15, 0.2) is 0 Å². The minimum Gasteiger partial charge on any atom is -0.335 e. The molecule has 0 spiro atoms. The minimum atomic E-state index is -0.0453. The topological polar surface area (TPSA) is 46.1 Å². The second-order valence-electron chi connectivity index (χ2n) is 6.50. The molecule has 3 heterocycles. The largest absolute Gasteiger partial charge is 0.335 e. The van der Waals surface area contributed by atoms with Crippen LogP contribution in [0.25, 0.3) is 10.7 Å². The molecule has 0 N–H and O–H groups in total. The summed E-state index contributed by atoms with van der Waals surface area (Å²) in [5, 5.41) is 2.84. The summed E-state index contributed by atoms with van der Waals surface area (Å²) in [6, 6.07) is 6.09. The summed E-state index contributed by atoms with van der Waals surface area (Å²) >= 11 is 1.54. The smallest absolute Gasteiger partial charge is 0.229 e. The first-order valence-corrected chi connectivity index (χ1v) is 8.53. The highest BCUT2D eigenvalue weighted by Gasteiger charge is 2.40. The maximum absolute atomic E-state index is 12.7. The maximum Gasteiger partial charge on any atom is 0.229 e. The molecule has 1 saturated heterocycles. The maximum atomic E-state index is 12.7. The van der Waals surface area contributed by atoms with Crippen LogP contribution in [0.1, 0.15) is 39.3 Å². The van der Waals surface area contributed by atoms with Crippen LogP contribution in [-0.4, -0.2) is 32.4 Å². The Bertz CT molecular complexity index is 666. The van der Waals surface area contributed by atoms with Crippen molar-refractivity contribution in [1.29, 1.82) is 0 Å². The van der Waals surface area contributed by atoms with E-state index in [0.717, 1.165) is 29.2 Å². The number of likely N-dealkylation sites (tertiary alicyclic amines) is 1. The number of aromatic nitrogens is 2. The Morgan fingerprint density at radius 2 is 2.27 bits per heavy atom. The van der Waals surface area contributed by atoms with Gasteiger partial charge in [0.05, 0.1) is 17.8 Å². The lowest BCUT2D eigenvalue weighted by atomic mass is 10.0. The molecule has 1 amide bonds. The van der Waals surface area contributed by atoms with Crippen molar-refractivity contribution in [1.82, 2.24) is 14.9 Å². The molecule has 2 aromatic heterocycles. The molecule has 0 bridgehead atoms. The molecule has 0 saturated carbocycles. The van der Waals surface area contributed by atoms with Crippen molar-refractivity contribution in [3.8, 4) is 10.7 Å². The Labute approximate surface area is 135 Å². The zero-order valence-corrected chi connectivity index (χ0v) is 14.1. The first-order chi connectivity index (χ1) is 10.5. The average Bonchev–Trinajstić information content (AvgIpc) is 3.04. The van der Waals surface area contributed by atoms with Gasteiger partial charge in [0.1, 0.15) is 5.01 Å². The molecule has 1 aliphatic heterocycles. The van der Waals surface area contributed by atoms with Crippen molar-refractivity contribution < 1.29 is 4.79 Å². The van der Waals surface area contributed by atoms with Crippen LogP contribution >= 0.6 is 11.3 Å². The highest BCUT2D eigenvalue weighted by molar-refractivity contribution is 7.13. The molecule has 116 valence electrons. The number of rotatable bonds is 3. The number of amides is 1. The van der Waals surface area contributed by atoms with Crippen LogP contribution in [0, 0.1) is 0 Å². The SMILES string of the molecule is C[C@@H]1CCC(C)(C)N1C(=O)Cc1csc(-c2ccccn2)n1. The van der Waals surface area contributed by atoms with Crippen LogP contribution in [-0.2, 0) is 11.2 Å². The summed E-state index contributed by atoms with van der Waals surface area (Å²) in [7, 11) is 0. The third-order valence-electron chi connectivity index (χ3n) is 4.30. The molecule has 0 unspecified atom stereocenters. The van der Waals surface area contributed by atoms with Gasteiger partial charge in [-0.05, 0) is 45.7 Å². The van der Waals surface area contributed by atoms with E-state index >= 15 is 0 Å². The minimum absolute atomic E-state index is 0.0453. The average molecular weight is 315 g/mol. The van der Waals surface area contributed by atoms with Crippen LogP contribution in [0.2, 0.25) is 0 Å². The molecular weight excluding hydrogens is 294 g/mol. The van der Waals surface area contributed by atoms with Crippen molar-refractivity contribution in [2.24, 2.45) is 0 Å². The van der Waals surface area contributed by atoms with Gasteiger partial charge < -0.3 is 4.90 Å². The van der Waals surface area contributed by atoms with Crippen LogP contribution in [0.4, 0.5) is 0 Å². The highest BCUT2D eigenvalue weighted by Crippen LogP contribution is 2.34. The molecule has 5 heteroatoms. The Morgan fingerprint density at radius 1 is 1.45 bits per heavy atom. The highest BCUT2D eigenvalue weighted by atomic mass is 32.1. The molecule has 0 aliphatic carbocycles. The molecule has 22 heavy (non-hydrogen) atoms. The van der Waals surface area contributed by atoms with E-state index < -0.39 is 0 Å². The third kappa shape index (κ3) is 2.90. The Hall–Kier alpha value is -1.75. The van der Waals surface area contributed by atoms with Gasteiger partial charge in [0.25, 0.3) is 0 Å². The summed E-state index contributed by atoms with van der Waals surface area (Å²) in [6.45, 7) is 6.43. The van der Waals surface area contributed by atoms with E-state index in [1.54, 1.807) is 17.5 Å². The molecule has 0 aromatic carbocycles. The quantitative estimate of drug-likeness (QED) is 0.870. The number of hydrogen-bond acceptors (Lipinski definition) is 4. The summed E-state index contributed by atoms with van der Waals surface area (Å²) in [5.41, 5.74) is 1.66. The van der Waals surface area contributed by atoms with Gasteiger partial charge in [-0.25, -0.2) is 4.98 Å². The number of nitrogens with zero attached hydrogens (tertiary/aromatic N) is 3. The van der Waals surface area contributed by atoms with Gasteiger partial charge in [0, 0.05) is 23.2 Å². The van der Waals surface area contributed by atoms with Gasteiger partial charge in [-0.3, -0.25) is 9.78 Å². The van der Waals surface area contributed by atoms with Gasteiger partial charge >= 0.3 is 0 Å². The predicted molar refractivity (Wildman–Crippen MR) is 88.7 cm³/mol. The molecule has 0 radical (unpaired) electrons. The lowest BCUT2D eigenvalue weighted by Gasteiger charge is -2.34. The van der Waals surface area contributed by atoms with Crippen molar-refractivity contribution in [2.75, 3.05) is 0 Å². The zero-order chi connectivity index (χ0) is 15.7. The van der Waals surface area contributed by atoms with Crippen LogP contribution in [0.5, 0.6) is 0 Å². The number of thiazole rings is 1. The predicted octanol–water partition coefficient (Wildman–Crippen LogP) is 3.54. The molecule has 1 fully saturated rings. The number of hydrogen-bond donors (Lipinski definition) is 0. The van der Waals surface area contributed by atoms with Gasteiger partial charge in [-0.1, -0.05) is 6.07 Å². The molecule has 3 rings (SSSR count). The summed E-state index contributed by atoms with van der Waals surface area (Å²) in [6.07, 6.45) is 4.28. The standard InChI is InChI=1S/C17H21N3OS/c1-12-7-8-17(2,3)20(12)15(21)10-13-11-22-16(19-13)14-6-4-5-9-18-14/h4-6,9,11-12H,7-8,10H2,1-3H3/t12-/m1/s1. The lowest BCUT2D eigenvalue weighted by molar-refractivity contribution is -0.135. The van der Waals surface area contributed by atoms with Crippen LogP contribution < -0.4 is 0 Å². The van der Waals surface area contributed by atoms with E-state index in [2.05, 4.69) is 30.7 Å². The lowest BCUT2D eigenvalue weighted by Crippen LogP contribution is -2.46. The van der Waals surface area contributed by atoms with Gasteiger partial charge in [0.2, 0.25) is 5.91 Å². The van der Waals surface area contributed by atoms with Gasteiger partial charge in [-0.2, -0.15) is 0 Å². The van der Waals surface area contributed by atoms with E-state index in [1.165, 1.54) is 0 Å². The van der Waals surface area contributed by atoms with E-state index in [9.17, 15) is 4.79 Å². The number of carbonyl (C=O) groups excluding carboxylic acids is 1. The van der Waals surface area contributed by atoms with Crippen molar-refractivity contribution in [2.45, 2.75) is 51.6 Å². The normalized spacial score (nSPS) is 20.3. The third-order valence-corrected chi connectivity index (χ3v) is 5.22. The Kier molecular flexibility index (Phi) is 4.00. The molecular formula is C17H21N3OS. The first-order valence-electron chi connectivity index (χ1n) is 7.65. The molecule has 1 atom stereocenters. The molecule has 2 aromatic rings. The fraction of sp³-hybridized carbons (Fsp3) is 0.471. The Balaban J connectivity index is 1.74. The monoisotopic (exact) mass is 315 g/mol. The Morgan fingerprint density at radius 3 is 2.91 bits per heavy atom. The summed E-state index contributed by atoms with van der Waals surface area (Å²) in [4.78, 5) is 23.6. The van der Waals surface area contributed by atoms with Crippen molar-refractivity contribution in [3.63, 3.8) is 0 Å². The zero-order valence-electron chi connectivity index (χ0n) is 13.2. The fourth-order valence-electron chi connectivity index (χ4n) is 3.23. The van der Waals surface area contributed by atoms with Crippen molar-refractivity contribution in [3.05, 3.63) is 35.5 Å². The van der Waals surface area contributed by atoms with Crippen LogP contribution in [0.15, 0.2) is 29.8 Å². The van der Waals surface area contributed by atoms with E-state index in [0.29, 0.717) is 12.5 Å². The van der Waals surface area contributed by atoms with E-state index in [-0.39, 0.29) is 11.4 Å². The second kappa shape index (κ2) is 5.80. The molecule has 4 nitrogen and oxygen atoms in total. The summed E-state index contributed by atoms with van der Waals surface area (Å²) in [5.74, 6) is 0.174. The number of pyridine rings is 1. The number of carbonyl (C=O) groups is 1. The second-order valence-corrected chi connectivity index (χ2v) is 7.36. The van der Waals surface area contributed by atoms with Crippen molar-refractivity contribution >= 4 is 17.2 Å². The molecule has 1 aliphatic rings.